The Morgan fingerprint density at radius 3 is 3.00 bits per heavy atom. The van der Waals surface area contributed by atoms with Gasteiger partial charge in [0.05, 0.1) is 36.7 Å². The van der Waals surface area contributed by atoms with Gasteiger partial charge in [-0.3, -0.25) is 0 Å². The number of halogens is 1. The molecule has 1 fully saturated rings. The third-order valence-electron chi connectivity index (χ3n) is 5.41. The van der Waals surface area contributed by atoms with Crippen molar-refractivity contribution in [1.82, 2.24) is 19.7 Å². The zero-order valence-corrected chi connectivity index (χ0v) is 17.2. The zero-order valence-electron chi connectivity index (χ0n) is 16.4. The molecule has 0 atom stereocenters. The summed E-state index contributed by atoms with van der Waals surface area (Å²) in [6, 6.07) is 9.82. The van der Waals surface area contributed by atoms with E-state index in [1.807, 2.05) is 16.8 Å². The van der Waals surface area contributed by atoms with Crippen molar-refractivity contribution in [1.29, 1.82) is 5.26 Å². The number of hydrogen-bond acceptors (Lipinski definition) is 7. The molecular weight excluding hydrogens is 402 g/mol. The zero-order chi connectivity index (χ0) is 20.7. The Kier molecular flexibility index (Phi) is 4.57. The fourth-order valence-corrected chi connectivity index (χ4v) is 4.07. The van der Waals surface area contributed by atoms with Crippen molar-refractivity contribution in [3.63, 3.8) is 0 Å². The van der Waals surface area contributed by atoms with E-state index < -0.39 is 0 Å². The summed E-state index contributed by atoms with van der Waals surface area (Å²) in [7, 11) is 0. The van der Waals surface area contributed by atoms with Crippen molar-refractivity contribution in [3.8, 4) is 17.3 Å². The number of rotatable bonds is 5. The van der Waals surface area contributed by atoms with E-state index in [1.54, 1.807) is 12.3 Å². The quantitative estimate of drug-likeness (QED) is 0.648. The van der Waals surface area contributed by atoms with Gasteiger partial charge in [-0.25, -0.2) is 14.6 Å². The highest BCUT2D eigenvalue weighted by Crippen LogP contribution is 2.33. The molecule has 1 aromatic carbocycles. The van der Waals surface area contributed by atoms with Crippen LogP contribution in [0.2, 0.25) is 5.15 Å². The molecule has 2 aromatic heterocycles. The van der Waals surface area contributed by atoms with Crippen LogP contribution >= 0.6 is 11.6 Å². The van der Waals surface area contributed by atoms with Gasteiger partial charge >= 0.3 is 0 Å². The second-order valence-corrected chi connectivity index (χ2v) is 8.44. The number of benzene rings is 1. The number of nitriles is 1. The molecule has 0 radical (unpaired) electrons. The van der Waals surface area contributed by atoms with Gasteiger partial charge in [0.25, 0.3) is 0 Å². The van der Waals surface area contributed by atoms with E-state index in [1.165, 1.54) is 0 Å². The van der Waals surface area contributed by atoms with Gasteiger partial charge in [-0.15, -0.1) is 0 Å². The molecule has 3 aromatic rings. The monoisotopic (exact) mass is 421 g/mol. The molecule has 30 heavy (non-hydrogen) atoms. The van der Waals surface area contributed by atoms with Gasteiger partial charge in [-0.05, 0) is 30.2 Å². The van der Waals surface area contributed by atoms with Crippen LogP contribution in [-0.4, -0.2) is 39.5 Å². The third kappa shape index (κ3) is 3.47. The molecule has 0 aliphatic carbocycles. The molecule has 0 amide bonds. The van der Waals surface area contributed by atoms with Gasteiger partial charge in [-0.2, -0.15) is 10.4 Å². The van der Waals surface area contributed by atoms with E-state index in [0.29, 0.717) is 36.4 Å². The van der Waals surface area contributed by atoms with Crippen molar-refractivity contribution < 1.29 is 4.74 Å². The number of aromatic nitrogens is 4. The predicted octanol–water partition coefficient (Wildman–Crippen LogP) is 3.61. The summed E-state index contributed by atoms with van der Waals surface area (Å²) in [5.41, 5.74) is 4.38. The van der Waals surface area contributed by atoms with Crippen LogP contribution in [0.3, 0.4) is 0 Å². The van der Waals surface area contributed by atoms with Crippen LogP contribution in [0.5, 0.6) is 0 Å². The van der Waals surface area contributed by atoms with Crippen LogP contribution in [-0.2, 0) is 17.7 Å². The first-order valence-corrected chi connectivity index (χ1v) is 10.1. The second kappa shape index (κ2) is 7.27. The summed E-state index contributed by atoms with van der Waals surface area (Å²) in [5.74, 6) is 1.17. The molecule has 5 rings (SSSR count). The molecular formula is C21H20ClN7O. The van der Waals surface area contributed by atoms with Crippen LogP contribution in [0.4, 0.5) is 17.5 Å². The van der Waals surface area contributed by atoms with Gasteiger partial charge in [0.2, 0.25) is 5.95 Å². The lowest BCUT2D eigenvalue weighted by Crippen LogP contribution is -2.43. The highest BCUT2D eigenvalue weighted by Gasteiger charge is 2.34. The number of nitrogens with zero attached hydrogens (tertiary/aromatic N) is 5. The third-order valence-corrected chi connectivity index (χ3v) is 5.60. The molecule has 0 spiro atoms. The lowest BCUT2D eigenvalue weighted by atomic mass is 9.89. The van der Waals surface area contributed by atoms with E-state index in [2.05, 4.69) is 44.8 Å². The SMILES string of the molecule is CC1(Cn2nc(Cl)cc2Nc2nccc(-c3cc(C#N)c4c(c3)CCN4)n2)COC1. The van der Waals surface area contributed by atoms with Crippen LogP contribution < -0.4 is 10.6 Å². The van der Waals surface area contributed by atoms with E-state index in [-0.39, 0.29) is 5.41 Å². The molecule has 2 N–H and O–H groups in total. The minimum Gasteiger partial charge on any atom is -0.383 e. The molecule has 8 nitrogen and oxygen atoms in total. The highest BCUT2D eigenvalue weighted by atomic mass is 35.5. The molecule has 0 saturated carbocycles. The van der Waals surface area contributed by atoms with Crippen LogP contribution in [0.25, 0.3) is 11.3 Å². The van der Waals surface area contributed by atoms with Gasteiger partial charge in [-0.1, -0.05) is 18.5 Å². The maximum atomic E-state index is 9.51. The fourth-order valence-electron chi connectivity index (χ4n) is 3.87. The number of anilines is 3. The molecule has 4 heterocycles. The van der Waals surface area contributed by atoms with Crippen molar-refractivity contribution in [2.24, 2.45) is 5.41 Å². The summed E-state index contributed by atoms with van der Waals surface area (Å²) in [6.07, 6.45) is 2.60. The number of nitrogens with one attached hydrogen (secondary N) is 2. The minimum atomic E-state index is 0.0423. The van der Waals surface area contributed by atoms with Crippen molar-refractivity contribution in [2.45, 2.75) is 19.9 Å². The first-order valence-electron chi connectivity index (χ1n) is 9.75. The standard InChI is InChI=1S/C21H20ClN7O/c1-21(11-30-12-21)10-29-18(8-17(22)28-29)27-20-25-5-3-16(26-20)14-6-13-2-4-24-19(13)15(7-14)9-23/h3,5-8,24H,2,4,10-12H2,1H3,(H,25,26,27). The second-order valence-electron chi connectivity index (χ2n) is 8.05. The predicted molar refractivity (Wildman–Crippen MR) is 114 cm³/mol. The topological polar surface area (TPSA) is 101 Å². The maximum Gasteiger partial charge on any atom is 0.228 e. The minimum absolute atomic E-state index is 0.0423. The number of hydrogen-bond donors (Lipinski definition) is 2. The average molecular weight is 422 g/mol. The first kappa shape index (κ1) is 18.9. The van der Waals surface area contributed by atoms with Crippen LogP contribution in [0, 0.1) is 16.7 Å². The largest absolute Gasteiger partial charge is 0.383 e. The van der Waals surface area contributed by atoms with Crippen molar-refractivity contribution >= 4 is 29.1 Å². The first-order chi connectivity index (χ1) is 14.5. The molecule has 2 aliphatic heterocycles. The Morgan fingerprint density at radius 1 is 1.37 bits per heavy atom. The Labute approximate surface area is 178 Å². The van der Waals surface area contributed by atoms with Gasteiger partial charge < -0.3 is 15.4 Å². The normalized spacial score (nSPS) is 16.3. The smallest absolute Gasteiger partial charge is 0.228 e. The summed E-state index contributed by atoms with van der Waals surface area (Å²) in [5, 5.41) is 20.8. The lowest BCUT2D eigenvalue weighted by Gasteiger charge is -2.38. The molecule has 0 unspecified atom stereocenters. The van der Waals surface area contributed by atoms with Crippen LogP contribution in [0.1, 0.15) is 18.1 Å². The fraction of sp³-hybridized carbons (Fsp3) is 0.333. The summed E-state index contributed by atoms with van der Waals surface area (Å²) >= 11 is 6.16. The average Bonchev–Trinajstić information content (AvgIpc) is 3.32. The van der Waals surface area contributed by atoms with E-state index in [0.717, 1.165) is 41.3 Å². The molecule has 1 saturated heterocycles. The van der Waals surface area contributed by atoms with E-state index in [4.69, 9.17) is 16.3 Å². The highest BCUT2D eigenvalue weighted by molar-refractivity contribution is 6.29. The summed E-state index contributed by atoms with van der Waals surface area (Å²) in [6.45, 7) is 5.08. The van der Waals surface area contributed by atoms with Gasteiger partial charge in [0.15, 0.2) is 5.15 Å². The lowest BCUT2D eigenvalue weighted by molar-refractivity contribution is -0.111. The van der Waals surface area contributed by atoms with E-state index >= 15 is 0 Å². The number of ether oxygens (including phenoxy) is 1. The van der Waals surface area contributed by atoms with Crippen LogP contribution in [0.15, 0.2) is 30.5 Å². The Hall–Kier alpha value is -3.15. The molecule has 152 valence electrons. The number of fused-ring (bicyclic) bond motifs is 1. The van der Waals surface area contributed by atoms with Gasteiger partial charge in [0, 0.05) is 29.8 Å². The van der Waals surface area contributed by atoms with Crippen molar-refractivity contribution in [3.05, 3.63) is 46.7 Å². The van der Waals surface area contributed by atoms with Gasteiger partial charge in [0.1, 0.15) is 11.9 Å². The Balaban J connectivity index is 1.44. The molecule has 2 aliphatic rings. The molecule has 9 heteroatoms. The Morgan fingerprint density at radius 2 is 2.23 bits per heavy atom. The summed E-state index contributed by atoms with van der Waals surface area (Å²) in [4.78, 5) is 9.01. The maximum absolute atomic E-state index is 9.51. The molecule has 0 bridgehead atoms. The van der Waals surface area contributed by atoms with Crippen molar-refractivity contribution in [2.75, 3.05) is 30.4 Å². The Bertz CT molecular complexity index is 1160. The summed E-state index contributed by atoms with van der Waals surface area (Å²) < 4.78 is 7.17. The van der Waals surface area contributed by atoms with E-state index in [9.17, 15) is 5.26 Å².